The van der Waals surface area contributed by atoms with Gasteiger partial charge in [-0.3, -0.25) is 18.8 Å². The molecule has 0 spiro atoms. The largest absolute Gasteiger partial charge is 0.465 e. The van der Waals surface area contributed by atoms with E-state index in [-0.39, 0.29) is 17.4 Å². The zero-order valence-corrected chi connectivity index (χ0v) is 18.0. The SMILES string of the molecule is CCOC(=O)Cn1ncc2c1CCCC2N(c1cccnc1)S(=O)(=O)c1ccccc1. The maximum atomic E-state index is 13.7. The van der Waals surface area contributed by atoms with E-state index in [1.165, 1.54) is 4.31 Å². The molecule has 4 rings (SSSR count). The highest BCUT2D eigenvalue weighted by Crippen LogP contribution is 2.40. The molecule has 162 valence electrons. The van der Waals surface area contributed by atoms with Crippen LogP contribution in [0.25, 0.3) is 0 Å². The maximum Gasteiger partial charge on any atom is 0.327 e. The molecule has 8 nitrogen and oxygen atoms in total. The first-order valence-corrected chi connectivity index (χ1v) is 11.7. The Morgan fingerprint density at radius 3 is 2.71 bits per heavy atom. The van der Waals surface area contributed by atoms with Gasteiger partial charge in [0.05, 0.1) is 35.6 Å². The summed E-state index contributed by atoms with van der Waals surface area (Å²) in [5.41, 5.74) is 2.16. The van der Waals surface area contributed by atoms with E-state index in [4.69, 9.17) is 4.74 Å². The summed E-state index contributed by atoms with van der Waals surface area (Å²) in [5, 5.41) is 4.38. The molecule has 1 aliphatic carbocycles. The number of esters is 1. The molecule has 1 atom stereocenters. The maximum absolute atomic E-state index is 13.7. The summed E-state index contributed by atoms with van der Waals surface area (Å²) < 4.78 is 35.5. The molecule has 1 aliphatic rings. The summed E-state index contributed by atoms with van der Waals surface area (Å²) in [6.07, 6.45) is 6.96. The van der Waals surface area contributed by atoms with Gasteiger partial charge < -0.3 is 4.74 Å². The van der Waals surface area contributed by atoms with E-state index < -0.39 is 16.1 Å². The van der Waals surface area contributed by atoms with Crippen LogP contribution in [0.15, 0.2) is 66.0 Å². The number of carbonyl (C=O) groups excluding carboxylic acids is 1. The number of benzene rings is 1. The molecule has 2 aromatic heterocycles. The van der Waals surface area contributed by atoms with Crippen LogP contribution in [0.2, 0.25) is 0 Å². The number of pyridine rings is 1. The molecule has 0 N–H and O–H groups in total. The van der Waals surface area contributed by atoms with Crippen molar-refractivity contribution < 1.29 is 17.9 Å². The van der Waals surface area contributed by atoms with Gasteiger partial charge in [0.2, 0.25) is 0 Å². The smallest absolute Gasteiger partial charge is 0.327 e. The molecule has 0 saturated carbocycles. The molecule has 1 aromatic carbocycles. The fourth-order valence-electron chi connectivity index (χ4n) is 3.98. The van der Waals surface area contributed by atoms with Crippen molar-refractivity contribution in [3.63, 3.8) is 0 Å². The van der Waals surface area contributed by atoms with E-state index in [2.05, 4.69) is 10.1 Å². The third-order valence-corrected chi connectivity index (χ3v) is 7.15. The number of hydrogen-bond donors (Lipinski definition) is 0. The molecule has 9 heteroatoms. The second-order valence-electron chi connectivity index (χ2n) is 7.24. The Kier molecular flexibility index (Phi) is 6.03. The van der Waals surface area contributed by atoms with Gasteiger partial charge in [0.25, 0.3) is 10.0 Å². The Morgan fingerprint density at radius 1 is 1.19 bits per heavy atom. The lowest BCUT2D eigenvalue weighted by Gasteiger charge is -2.35. The first-order chi connectivity index (χ1) is 15.0. The number of ether oxygens (including phenoxy) is 1. The van der Waals surface area contributed by atoms with Crippen molar-refractivity contribution in [2.24, 2.45) is 0 Å². The first kappa shape index (κ1) is 21.0. The van der Waals surface area contributed by atoms with Crippen molar-refractivity contribution >= 4 is 21.7 Å². The Bertz CT molecular complexity index is 1150. The third-order valence-electron chi connectivity index (χ3n) is 5.30. The molecule has 31 heavy (non-hydrogen) atoms. The van der Waals surface area contributed by atoms with Crippen molar-refractivity contribution in [3.8, 4) is 0 Å². The number of sulfonamides is 1. The third kappa shape index (κ3) is 4.18. The quantitative estimate of drug-likeness (QED) is 0.524. The molecule has 2 heterocycles. The molecule has 0 radical (unpaired) electrons. The Morgan fingerprint density at radius 2 is 2.00 bits per heavy atom. The van der Waals surface area contributed by atoms with Gasteiger partial charge in [0.1, 0.15) is 6.54 Å². The average molecular weight is 441 g/mol. The zero-order valence-electron chi connectivity index (χ0n) is 17.2. The summed E-state index contributed by atoms with van der Waals surface area (Å²) >= 11 is 0. The van der Waals surface area contributed by atoms with Crippen LogP contribution < -0.4 is 4.31 Å². The second kappa shape index (κ2) is 8.89. The van der Waals surface area contributed by atoms with Gasteiger partial charge in [-0.2, -0.15) is 5.10 Å². The lowest BCUT2D eigenvalue weighted by atomic mass is 9.92. The van der Waals surface area contributed by atoms with E-state index in [0.29, 0.717) is 18.7 Å². The molecule has 0 saturated heterocycles. The van der Waals surface area contributed by atoms with Gasteiger partial charge >= 0.3 is 5.97 Å². The highest BCUT2D eigenvalue weighted by molar-refractivity contribution is 7.92. The summed E-state index contributed by atoms with van der Waals surface area (Å²) in [6.45, 7) is 2.07. The lowest BCUT2D eigenvalue weighted by Crippen LogP contribution is -2.37. The number of fused-ring (bicyclic) bond motifs is 1. The Balaban J connectivity index is 1.78. The standard InChI is InChI=1S/C22H24N4O4S/c1-2-30-22(27)16-25-20-11-6-12-21(19(20)15-24-25)26(17-8-7-13-23-14-17)31(28,29)18-9-4-3-5-10-18/h3-5,7-10,13-15,21H,2,6,11-12,16H2,1H3. The van der Waals surface area contributed by atoms with Crippen LogP contribution in [-0.2, 0) is 32.5 Å². The van der Waals surface area contributed by atoms with Crippen LogP contribution in [0, 0.1) is 0 Å². The average Bonchev–Trinajstić information content (AvgIpc) is 3.19. The van der Waals surface area contributed by atoms with Crippen molar-refractivity contribution in [1.29, 1.82) is 0 Å². The van der Waals surface area contributed by atoms with Crippen molar-refractivity contribution in [3.05, 3.63) is 72.3 Å². The number of nitrogens with zero attached hydrogens (tertiary/aromatic N) is 4. The molecule has 0 bridgehead atoms. The predicted octanol–water partition coefficient (Wildman–Crippen LogP) is 3.11. The highest BCUT2D eigenvalue weighted by atomic mass is 32.2. The fraction of sp³-hybridized carbons (Fsp3) is 0.318. The highest BCUT2D eigenvalue weighted by Gasteiger charge is 2.37. The van der Waals surface area contributed by atoms with Gasteiger partial charge in [-0.05, 0) is 50.5 Å². The normalized spacial score (nSPS) is 15.8. The van der Waals surface area contributed by atoms with E-state index >= 15 is 0 Å². The van der Waals surface area contributed by atoms with Crippen LogP contribution in [0.5, 0.6) is 0 Å². The second-order valence-corrected chi connectivity index (χ2v) is 9.06. The fourth-order valence-corrected chi connectivity index (χ4v) is 5.65. The minimum atomic E-state index is -3.85. The van der Waals surface area contributed by atoms with E-state index in [0.717, 1.165) is 24.1 Å². The van der Waals surface area contributed by atoms with Crippen molar-refractivity contribution in [2.45, 2.75) is 43.7 Å². The van der Waals surface area contributed by atoms with Gasteiger partial charge in [-0.1, -0.05) is 18.2 Å². The molecule has 1 unspecified atom stereocenters. The van der Waals surface area contributed by atoms with Crippen LogP contribution in [0.1, 0.15) is 37.1 Å². The molecule has 3 aromatic rings. The predicted molar refractivity (Wildman–Crippen MR) is 115 cm³/mol. The molecular formula is C22H24N4O4S. The monoisotopic (exact) mass is 440 g/mol. The number of rotatable bonds is 7. The minimum absolute atomic E-state index is 0.00816. The first-order valence-electron chi connectivity index (χ1n) is 10.2. The summed E-state index contributed by atoms with van der Waals surface area (Å²) in [4.78, 5) is 16.3. The van der Waals surface area contributed by atoms with E-state index in [1.807, 2.05) is 0 Å². The van der Waals surface area contributed by atoms with Crippen LogP contribution in [-0.4, -0.2) is 35.8 Å². The number of hydrogen-bond acceptors (Lipinski definition) is 6. The molecular weight excluding hydrogens is 416 g/mol. The summed E-state index contributed by atoms with van der Waals surface area (Å²) in [6, 6.07) is 11.4. The van der Waals surface area contributed by atoms with Gasteiger partial charge in [-0.25, -0.2) is 8.42 Å². The van der Waals surface area contributed by atoms with Crippen molar-refractivity contribution in [1.82, 2.24) is 14.8 Å². The van der Waals surface area contributed by atoms with Crippen molar-refractivity contribution in [2.75, 3.05) is 10.9 Å². The van der Waals surface area contributed by atoms with Gasteiger partial charge in [0.15, 0.2) is 0 Å². The van der Waals surface area contributed by atoms with Crippen LogP contribution in [0.3, 0.4) is 0 Å². The van der Waals surface area contributed by atoms with Gasteiger partial charge in [-0.15, -0.1) is 0 Å². The minimum Gasteiger partial charge on any atom is -0.465 e. The zero-order chi connectivity index (χ0) is 21.8. The summed E-state index contributed by atoms with van der Waals surface area (Å²) in [5.74, 6) is -0.364. The molecule has 0 fully saturated rings. The van der Waals surface area contributed by atoms with Gasteiger partial charge in [0, 0.05) is 17.5 Å². The summed E-state index contributed by atoms with van der Waals surface area (Å²) in [7, 11) is -3.85. The molecule has 0 aliphatic heterocycles. The van der Waals surface area contributed by atoms with Crippen LogP contribution >= 0.6 is 0 Å². The van der Waals surface area contributed by atoms with E-state index in [1.54, 1.807) is 72.7 Å². The topological polar surface area (TPSA) is 94.4 Å². The lowest BCUT2D eigenvalue weighted by molar-refractivity contribution is -0.144. The Hall–Kier alpha value is -3.20. The Labute approximate surface area is 181 Å². The van der Waals surface area contributed by atoms with Crippen LogP contribution in [0.4, 0.5) is 5.69 Å². The number of carbonyl (C=O) groups is 1. The molecule has 0 amide bonds. The number of anilines is 1. The number of aromatic nitrogens is 3. The van der Waals surface area contributed by atoms with E-state index in [9.17, 15) is 13.2 Å².